The first-order valence-electron chi connectivity index (χ1n) is 8.19. The molecule has 0 spiro atoms. The number of aromatic nitrogens is 2. The van der Waals surface area contributed by atoms with E-state index in [1.807, 2.05) is 41.8 Å². The Balaban J connectivity index is 1.70. The van der Waals surface area contributed by atoms with Crippen LogP contribution in [0.25, 0.3) is 0 Å². The molecule has 0 bridgehead atoms. The summed E-state index contributed by atoms with van der Waals surface area (Å²) in [5.41, 5.74) is 2.86. The van der Waals surface area contributed by atoms with E-state index in [2.05, 4.69) is 22.5 Å². The van der Waals surface area contributed by atoms with E-state index in [1.165, 1.54) is 5.56 Å². The van der Waals surface area contributed by atoms with Crippen molar-refractivity contribution in [3.8, 4) is 0 Å². The predicted molar refractivity (Wildman–Crippen MR) is 90.4 cm³/mol. The zero-order valence-corrected chi connectivity index (χ0v) is 13.8. The molecule has 1 aromatic carbocycles. The number of hydrogen-bond acceptors (Lipinski definition) is 3. The van der Waals surface area contributed by atoms with Crippen LogP contribution in [-0.4, -0.2) is 47.3 Å². The van der Waals surface area contributed by atoms with Gasteiger partial charge in [-0.15, -0.1) is 0 Å². The molecule has 0 radical (unpaired) electrons. The molecule has 5 nitrogen and oxygen atoms in total. The lowest BCUT2D eigenvalue weighted by Gasteiger charge is -2.16. The van der Waals surface area contributed by atoms with E-state index >= 15 is 0 Å². The molecule has 1 aliphatic heterocycles. The minimum absolute atomic E-state index is 0.111. The van der Waals surface area contributed by atoms with Gasteiger partial charge in [0.1, 0.15) is 0 Å². The van der Waals surface area contributed by atoms with Crippen molar-refractivity contribution in [3.05, 3.63) is 53.3 Å². The maximum Gasteiger partial charge on any atom is 0.257 e. The van der Waals surface area contributed by atoms with Gasteiger partial charge in [0.05, 0.1) is 18.3 Å². The fourth-order valence-corrected chi connectivity index (χ4v) is 3.21. The molecule has 0 unspecified atom stereocenters. The Kier molecular flexibility index (Phi) is 4.76. The van der Waals surface area contributed by atoms with E-state index in [0.29, 0.717) is 12.5 Å². The molecule has 122 valence electrons. The fraction of sp³-hybridized carbons (Fsp3) is 0.444. The molecule has 2 heterocycles. The average Bonchev–Trinajstić information content (AvgIpc) is 3.16. The van der Waals surface area contributed by atoms with Gasteiger partial charge in [0.25, 0.3) is 5.91 Å². The highest BCUT2D eigenvalue weighted by atomic mass is 16.2. The van der Waals surface area contributed by atoms with Crippen LogP contribution >= 0.6 is 0 Å². The topological polar surface area (TPSA) is 50.2 Å². The van der Waals surface area contributed by atoms with Crippen LogP contribution in [0, 0.1) is 12.8 Å². The Morgan fingerprint density at radius 1 is 1.35 bits per heavy atom. The summed E-state index contributed by atoms with van der Waals surface area (Å²) >= 11 is 0. The number of carbonyl (C=O) groups is 1. The molecule has 1 aromatic heterocycles. The van der Waals surface area contributed by atoms with Crippen LogP contribution in [0.5, 0.6) is 0 Å². The highest BCUT2D eigenvalue weighted by Gasteiger charge is 2.28. The second-order valence-corrected chi connectivity index (χ2v) is 6.25. The van der Waals surface area contributed by atoms with Gasteiger partial charge in [-0.3, -0.25) is 9.48 Å². The first-order valence-corrected chi connectivity index (χ1v) is 8.19. The minimum Gasteiger partial charge on any atom is -0.338 e. The third kappa shape index (κ3) is 3.45. The van der Waals surface area contributed by atoms with Crippen LogP contribution in [0.3, 0.4) is 0 Å². The molecule has 1 fully saturated rings. The Bertz CT molecular complexity index is 665. The normalized spacial score (nSPS) is 17.7. The van der Waals surface area contributed by atoms with Crippen molar-refractivity contribution in [2.45, 2.75) is 19.9 Å². The molecule has 1 atom stereocenters. The van der Waals surface area contributed by atoms with Gasteiger partial charge in [0.2, 0.25) is 0 Å². The van der Waals surface area contributed by atoms with E-state index in [0.717, 1.165) is 37.3 Å². The largest absolute Gasteiger partial charge is 0.338 e. The number of carbonyl (C=O) groups excluding carboxylic acids is 1. The van der Waals surface area contributed by atoms with Gasteiger partial charge in [0.15, 0.2) is 0 Å². The highest BCUT2D eigenvalue weighted by Crippen LogP contribution is 2.20. The highest BCUT2D eigenvalue weighted by molar-refractivity contribution is 5.95. The van der Waals surface area contributed by atoms with Crippen molar-refractivity contribution in [2.75, 3.05) is 26.7 Å². The summed E-state index contributed by atoms with van der Waals surface area (Å²) in [7, 11) is 1.96. The molecule has 1 aliphatic rings. The summed E-state index contributed by atoms with van der Waals surface area (Å²) in [5.74, 6) is 0.670. The predicted octanol–water partition coefficient (Wildman–Crippen LogP) is 1.92. The standard InChI is InChI=1S/C18H24N4O/c1-14-17(18(23)21-9-8-16(12-21)10-19-2)11-20-22(14)13-15-6-4-3-5-7-15/h3-7,11,16,19H,8-10,12-13H2,1-2H3/t16-/m1/s1. The van der Waals surface area contributed by atoms with E-state index in [1.54, 1.807) is 6.20 Å². The summed E-state index contributed by atoms with van der Waals surface area (Å²) in [5, 5.41) is 7.61. The first kappa shape index (κ1) is 15.7. The third-order valence-electron chi connectivity index (χ3n) is 4.57. The number of amides is 1. The number of likely N-dealkylation sites (tertiary alicyclic amines) is 1. The Hall–Kier alpha value is -2.14. The second kappa shape index (κ2) is 6.96. The quantitative estimate of drug-likeness (QED) is 0.918. The molecule has 0 aliphatic carbocycles. The molecular weight excluding hydrogens is 288 g/mol. The number of rotatable bonds is 5. The van der Waals surface area contributed by atoms with Crippen molar-refractivity contribution in [3.63, 3.8) is 0 Å². The maximum atomic E-state index is 12.7. The number of benzene rings is 1. The average molecular weight is 312 g/mol. The van der Waals surface area contributed by atoms with E-state index in [4.69, 9.17) is 0 Å². The third-order valence-corrected chi connectivity index (χ3v) is 4.57. The van der Waals surface area contributed by atoms with E-state index < -0.39 is 0 Å². The monoisotopic (exact) mass is 312 g/mol. The van der Waals surface area contributed by atoms with Crippen LogP contribution in [0.4, 0.5) is 0 Å². The summed E-state index contributed by atoms with van der Waals surface area (Å²) in [6.45, 7) is 5.32. The molecule has 5 heteroatoms. The van der Waals surface area contributed by atoms with Crippen LogP contribution in [-0.2, 0) is 6.54 Å². The molecule has 0 saturated carbocycles. The summed E-state index contributed by atoms with van der Waals surface area (Å²) in [6, 6.07) is 10.2. The summed E-state index contributed by atoms with van der Waals surface area (Å²) < 4.78 is 1.91. The summed E-state index contributed by atoms with van der Waals surface area (Å²) in [6.07, 6.45) is 2.79. The van der Waals surface area contributed by atoms with Gasteiger partial charge in [-0.2, -0.15) is 5.10 Å². The van der Waals surface area contributed by atoms with E-state index in [-0.39, 0.29) is 5.91 Å². The van der Waals surface area contributed by atoms with Crippen molar-refractivity contribution < 1.29 is 4.79 Å². The number of nitrogens with zero attached hydrogens (tertiary/aromatic N) is 3. The van der Waals surface area contributed by atoms with Crippen LogP contribution in [0.1, 0.15) is 28.0 Å². The lowest BCUT2D eigenvalue weighted by Crippen LogP contribution is -2.30. The van der Waals surface area contributed by atoms with Gasteiger partial charge in [0, 0.05) is 18.8 Å². The Morgan fingerprint density at radius 2 is 2.13 bits per heavy atom. The number of nitrogens with one attached hydrogen (secondary N) is 1. The summed E-state index contributed by atoms with van der Waals surface area (Å²) in [4.78, 5) is 14.7. The van der Waals surface area contributed by atoms with Crippen LogP contribution < -0.4 is 5.32 Å². The van der Waals surface area contributed by atoms with Crippen molar-refractivity contribution in [1.29, 1.82) is 0 Å². The van der Waals surface area contributed by atoms with Gasteiger partial charge in [-0.05, 0) is 38.4 Å². The fourth-order valence-electron chi connectivity index (χ4n) is 3.21. The molecule has 3 rings (SSSR count). The smallest absolute Gasteiger partial charge is 0.257 e. The number of hydrogen-bond donors (Lipinski definition) is 1. The van der Waals surface area contributed by atoms with Crippen molar-refractivity contribution in [2.24, 2.45) is 5.92 Å². The first-order chi connectivity index (χ1) is 11.2. The molecular formula is C18H24N4O. The maximum absolute atomic E-state index is 12.7. The van der Waals surface area contributed by atoms with Gasteiger partial charge >= 0.3 is 0 Å². The Morgan fingerprint density at radius 3 is 2.87 bits per heavy atom. The zero-order chi connectivity index (χ0) is 16.2. The SMILES string of the molecule is CNC[C@H]1CCN(C(=O)c2cnn(Cc3ccccc3)c2C)C1. The van der Waals surface area contributed by atoms with Crippen LogP contribution in [0.15, 0.2) is 36.5 Å². The molecule has 1 N–H and O–H groups in total. The van der Waals surface area contributed by atoms with Gasteiger partial charge < -0.3 is 10.2 Å². The Labute approximate surface area is 137 Å². The molecule has 2 aromatic rings. The molecule has 1 amide bonds. The lowest BCUT2D eigenvalue weighted by molar-refractivity contribution is 0.0786. The van der Waals surface area contributed by atoms with Crippen LogP contribution in [0.2, 0.25) is 0 Å². The van der Waals surface area contributed by atoms with Crippen molar-refractivity contribution >= 4 is 5.91 Å². The van der Waals surface area contributed by atoms with Gasteiger partial charge in [-0.25, -0.2) is 0 Å². The molecule has 23 heavy (non-hydrogen) atoms. The van der Waals surface area contributed by atoms with Crippen molar-refractivity contribution in [1.82, 2.24) is 20.0 Å². The second-order valence-electron chi connectivity index (χ2n) is 6.25. The minimum atomic E-state index is 0.111. The van der Waals surface area contributed by atoms with E-state index in [9.17, 15) is 4.79 Å². The van der Waals surface area contributed by atoms with Gasteiger partial charge in [-0.1, -0.05) is 30.3 Å². The lowest BCUT2D eigenvalue weighted by atomic mass is 10.1. The molecule has 1 saturated heterocycles. The zero-order valence-electron chi connectivity index (χ0n) is 13.8.